The van der Waals surface area contributed by atoms with Gasteiger partial charge in [0.2, 0.25) is 0 Å². The van der Waals surface area contributed by atoms with E-state index in [4.69, 9.17) is 5.73 Å². The van der Waals surface area contributed by atoms with Crippen LogP contribution in [0, 0.1) is 0 Å². The van der Waals surface area contributed by atoms with Crippen LogP contribution >= 0.6 is 11.8 Å². The van der Waals surface area contributed by atoms with E-state index in [0.29, 0.717) is 11.6 Å². The highest BCUT2D eigenvalue weighted by Gasteiger charge is 2.33. The first-order valence-electron chi connectivity index (χ1n) is 4.91. The number of thioether (sulfide) groups is 1. The Morgan fingerprint density at radius 1 is 1.44 bits per heavy atom. The molecule has 1 saturated heterocycles. The predicted molar refractivity (Wildman–Crippen MR) is 61.0 cm³/mol. The Kier molecular flexibility index (Phi) is 3.40. The molecule has 1 aromatic rings. The Morgan fingerprint density at radius 2 is 2.17 bits per heavy atom. The van der Waals surface area contributed by atoms with Crippen LogP contribution in [0.3, 0.4) is 0 Å². The van der Waals surface area contributed by atoms with Crippen LogP contribution in [-0.4, -0.2) is 23.5 Å². The molecule has 1 amide bonds. The van der Waals surface area contributed by atoms with Gasteiger partial charge < -0.3 is 15.4 Å². The number of carbonyl (C=O) groups is 1. The summed E-state index contributed by atoms with van der Waals surface area (Å²) < 4.78 is 40.0. The van der Waals surface area contributed by atoms with Gasteiger partial charge in [-0.1, -0.05) is 6.07 Å². The van der Waals surface area contributed by atoms with Gasteiger partial charge in [0.25, 0.3) is 5.91 Å². The number of ether oxygens (including phenoxy) is 1. The van der Waals surface area contributed by atoms with Crippen LogP contribution in [-0.2, 0) is 4.79 Å². The standard InChI is InChI=1S/C10H9F3N2O2S/c11-10(12,13)17-7-3-1-2-6(4-7)15-5-18-8(14)9(15)16/h1-4,8H,5,14H2. The molecule has 18 heavy (non-hydrogen) atoms. The first kappa shape index (κ1) is 13.0. The minimum atomic E-state index is -4.75. The minimum absolute atomic E-state index is 0.315. The van der Waals surface area contributed by atoms with Gasteiger partial charge in [-0.3, -0.25) is 4.79 Å². The van der Waals surface area contributed by atoms with Gasteiger partial charge in [-0.2, -0.15) is 0 Å². The number of amides is 1. The molecular formula is C10H9F3N2O2S. The van der Waals surface area contributed by atoms with Crippen molar-refractivity contribution in [2.75, 3.05) is 10.8 Å². The Morgan fingerprint density at radius 3 is 2.72 bits per heavy atom. The summed E-state index contributed by atoms with van der Waals surface area (Å²) in [4.78, 5) is 12.9. The van der Waals surface area contributed by atoms with Gasteiger partial charge in [-0.05, 0) is 12.1 Å². The second kappa shape index (κ2) is 4.69. The molecule has 1 aliphatic rings. The lowest BCUT2D eigenvalue weighted by Crippen LogP contribution is -2.33. The number of carbonyl (C=O) groups excluding carboxylic acids is 1. The van der Waals surface area contributed by atoms with Crippen molar-refractivity contribution in [3.8, 4) is 5.75 Å². The lowest BCUT2D eigenvalue weighted by atomic mass is 10.3. The number of hydrogen-bond acceptors (Lipinski definition) is 4. The fourth-order valence-electron chi connectivity index (χ4n) is 1.49. The molecule has 1 atom stereocenters. The zero-order valence-electron chi connectivity index (χ0n) is 8.98. The number of hydrogen-bond donors (Lipinski definition) is 1. The highest BCUT2D eigenvalue weighted by Crippen LogP contribution is 2.31. The van der Waals surface area contributed by atoms with Crippen molar-refractivity contribution in [2.24, 2.45) is 5.73 Å². The Hall–Kier alpha value is -1.41. The number of nitrogens with two attached hydrogens (primary N) is 1. The molecule has 8 heteroatoms. The number of halogens is 3. The van der Waals surface area contributed by atoms with Crippen molar-refractivity contribution in [3.63, 3.8) is 0 Å². The lowest BCUT2D eigenvalue weighted by Gasteiger charge is -2.16. The zero-order chi connectivity index (χ0) is 13.3. The van der Waals surface area contributed by atoms with Crippen LogP contribution in [0.1, 0.15) is 0 Å². The van der Waals surface area contributed by atoms with E-state index in [1.807, 2.05) is 0 Å². The molecule has 2 N–H and O–H groups in total. The highest BCUT2D eigenvalue weighted by molar-refractivity contribution is 8.01. The maximum atomic E-state index is 12.1. The summed E-state index contributed by atoms with van der Waals surface area (Å²) in [5, 5.41) is -0.669. The summed E-state index contributed by atoms with van der Waals surface area (Å²) in [5.74, 6) is -0.377. The third-order valence-electron chi connectivity index (χ3n) is 2.26. The van der Waals surface area contributed by atoms with E-state index in [9.17, 15) is 18.0 Å². The van der Waals surface area contributed by atoms with Crippen LogP contribution in [0.2, 0.25) is 0 Å². The van der Waals surface area contributed by atoms with E-state index in [2.05, 4.69) is 4.74 Å². The smallest absolute Gasteiger partial charge is 0.406 e. The first-order valence-corrected chi connectivity index (χ1v) is 5.96. The Bertz CT molecular complexity index is 467. The fraction of sp³-hybridized carbons (Fsp3) is 0.300. The third-order valence-corrected chi connectivity index (χ3v) is 3.22. The van der Waals surface area contributed by atoms with Gasteiger partial charge in [0.05, 0.1) is 5.88 Å². The molecule has 1 unspecified atom stereocenters. The molecule has 0 aliphatic carbocycles. The summed E-state index contributed by atoms with van der Waals surface area (Å²) in [7, 11) is 0. The number of rotatable bonds is 2. The monoisotopic (exact) mass is 278 g/mol. The van der Waals surface area contributed by atoms with Gasteiger partial charge >= 0.3 is 6.36 Å². The fourth-order valence-corrected chi connectivity index (χ4v) is 2.35. The van der Waals surface area contributed by atoms with Crippen LogP contribution < -0.4 is 15.4 Å². The van der Waals surface area contributed by atoms with E-state index < -0.39 is 11.7 Å². The van der Waals surface area contributed by atoms with Gasteiger partial charge in [0.15, 0.2) is 0 Å². The maximum Gasteiger partial charge on any atom is 0.573 e. The molecule has 1 aromatic carbocycles. The van der Waals surface area contributed by atoms with Crippen molar-refractivity contribution in [2.45, 2.75) is 11.7 Å². The average Bonchev–Trinajstić information content (AvgIpc) is 2.58. The van der Waals surface area contributed by atoms with E-state index in [0.717, 1.165) is 6.07 Å². The molecule has 1 aliphatic heterocycles. The van der Waals surface area contributed by atoms with Gasteiger partial charge in [0.1, 0.15) is 11.1 Å². The summed E-state index contributed by atoms with van der Waals surface area (Å²) in [6.07, 6.45) is -4.75. The number of alkyl halides is 3. The molecule has 0 aromatic heterocycles. The van der Waals surface area contributed by atoms with Gasteiger partial charge in [-0.25, -0.2) is 0 Å². The van der Waals surface area contributed by atoms with Crippen molar-refractivity contribution >= 4 is 23.4 Å². The molecule has 0 radical (unpaired) electrons. The molecule has 0 saturated carbocycles. The van der Waals surface area contributed by atoms with Gasteiger partial charge in [0, 0.05) is 11.8 Å². The third kappa shape index (κ3) is 2.88. The summed E-state index contributed by atoms with van der Waals surface area (Å²) in [6.45, 7) is 0. The second-order valence-corrected chi connectivity index (χ2v) is 4.63. The average molecular weight is 278 g/mol. The summed E-state index contributed by atoms with van der Waals surface area (Å²) in [6, 6.07) is 5.24. The Balaban J connectivity index is 2.20. The van der Waals surface area contributed by atoms with E-state index in [1.54, 1.807) is 0 Å². The minimum Gasteiger partial charge on any atom is -0.406 e. The van der Waals surface area contributed by atoms with Crippen molar-refractivity contribution < 1.29 is 22.7 Å². The topological polar surface area (TPSA) is 55.6 Å². The van der Waals surface area contributed by atoms with Gasteiger partial charge in [-0.15, -0.1) is 24.9 Å². The van der Waals surface area contributed by atoms with Crippen LogP contribution in [0.4, 0.5) is 18.9 Å². The Labute approximate surface area is 105 Å². The summed E-state index contributed by atoms with van der Waals surface area (Å²) >= 11 is 1.22. The maximum absolute atomic E-state index is 12.1. The molecule has 4 nitrogen and oxygen atoms in total. The molecule has 2 rings (SSSR count). The molecule has 1 heterocycles. The first-order chi connectivity index (χ1) is 8.37. The van der Waals surface area contributed by atoms with Crippen molar-refractivity contribution in [1.29, 1.82) is 0 Å². The predicted octanol–water partition coefficient (Wildman–Crippen LogP) is 1.91. The lowest BCUT2D eigenvalue weighted by molar-refractivity contribution is -0.274. The van der Waals surface area contributed by atoms with Crippen LogP contribution in [0.25, 0.3) is 0 Å². The normalized spacial score (nSPS) is 20.3. The quantitative estimate of drug-likeness (QED) is 0.897. The van der Waals surface area contributed by atoms with E-state index in [1.165, 1.54) is 34.9 Å². The van der Waals surface area contributed by atoms with E-state index in [-0.39, 0.29) is 11.7 Å². The van der Waals surface area contributed by atoms with Crippen molar-refractivity contribution in [3.05, 3.63) is 24.3 Å². The highest BCUT2D eigenvalue weighted by atomic mass is 32.2. The molecular weight excluding hydrogens is 269 g/mol. The van der Waals surface area contributed by atoms with Crippen molar-refractivity contribution in [1.82, 2.24) is 0 Å². The SMILES string of the molecule is NC1SCN(c2cccc(OC(F)(F)F)c2)C1=O. The number of benzene rings is 1. The van der Waals surface area contributed by atoms with E-state index >= 15 is 0 Å². The molecule has 1 fully saturated rings. The van der Waals surface area contributed by atoms with Crippen LogP contribution in [0.15, 0.2) is 24.3 Å². The number of nitrogens with zero attached hydrogens (tertiary/aromatic N) is 1. The van der Waals surface area contributed by atoms with Crippen LogP contribution in [0.5, 0.6) is 5.75 Å². The molecule has 98 valence electrons. The number of anilines is 1. The second-order valence-electron chi connectivity index (χ2n) is 3.53. The molecule has 0 spiro atoms. The molecule has 0 bridgehead atoms. The zero-order valence-corrected chi connectivity index (χ0v) is 9.79. The summed E-state index contributed by atoms with van der Waals surface area (Å²) in [5.41, 5.74) is 5.84. The largest absolute Gasteiger partial charge is 0.573 e.